The number of amides is 1. The van der Waals surface area contributed by atoms with Gasteiger partial charge in [-0.1, -0.05) is 30.3 Å². The van der Waals surface area contributed by atoms with E-state index in [-0.39, 0.29) is 29.7 Å². The highest BCUT2D eigenvalue weighted by atomic mass is 16.5. The van der Waals surface area contributed by atoms with Crippen LogP contribution in [-0.2, 0) is 30.7 Å². The summed E-state index contributed by atoms with van der Waals surface area (Å²) >= 11 is 0. The Kier molecular flexibility index (Phi) is 8.85. The van der Waals surface area contributed by atoms with Gasteiger partial charge in [-0.15, -0.1) is 0 Å². The predicted molar refractivity (Wildman–Crippen MR) is 140 cm³/mol. The van der Waals surface area contributed by atoms with Crippen LogP contribution < -0.4 is 25.0 Å². The Hall–Kier alpha value is -3.78. The number of ether oxygens (including phenoxy) is 3. The fraction of sp³-hybridized carbons (Fsp3) is 0.379. The fourth-order valence-electron chi connectivity index (χ4n) is 4.48. The first kappa shape index (κ1) is 26.3. The van der Waals surface area contributed by atoms with E-state index in [0.29, 0.717) is 24.6 Å². The summed E-state index contributed by atoms with van der Waals surface area (Å²) in [5.74, 6) is 1.72. The third kappa shape index (κ3) is 7.13. The van der Waals surface area contributed by atoms with Crippen LogP contribution in [0.5, 0.6) is 17.2 Å². The number of nitrogens with zero attached hydrogens (tertiary/aromatic N) is 1. The quantitative estimate of drug-likeness (QED) is 0.424. The van der Waals surface area contributed by atoms with Gasteiger partial charge < -0.3 is 23.9 Å². The maximum atomic E-state index is 12.6. The summed E-state index contributed by atoms with van der Waals surface area (Å²) in [6.07, 6.45) is 3.84. The first-order chi connectivity index (χ1) is 17.9. The van der Waals surface area contributed by atoms with Gasteiger partial charge in [-0.2, -0.15) is 0 Å². The zero-order valence-electron chi connectivity index (χ0n) is 21.6. The standard InChI is InChI=1S/C29H34N2O6/c1-20(9-10-21-7-5-4-6-8-21)30-29(33)19-37-28-18-36-24(15-25(28)32)17-31-12-11-22-13-26(34-2)27(35-3)14-23(22)16-31/h4-8,13-15,18,20H,9-12,16-17,19H2,1-3H3,(H,30,33)/t20-/m1/s1. The number of hydrogen-bond donors (Lipinski definition) is 1. The van der Waals surface area contributed by atoms with Gasteiger partial charge in [0.25, 0.3) is 5.91 Å². The van der Waals surface area contributed by atoms with E-state index in [1.54, 1.807) is 14.2 Å². The molecule has 0 spiro atoms. The zero-order chi connectivity index (χ0) is 26.2. The van der Waals surface area contributed by atoms with Crippen molar-refractivity contribution < 1.29 is 23.4 Å². The van der Waals surface area contributed by atoms with E-state index in [1.165, 1.54) is 23.5 Å². The number of rotatable bonds is 11. The first-order valence-electron chi connectivity index (χ1n) is 12.5. The van der Waals surface area contributed by atoms with Gasteiger partial charge in [-0.3, -0.25) is 14.5 Å². The second-order valence-electron chi connectivity index (χ2n) is 9.29. The molecule has 0 bridgehead atoms. The summed E-state index contributed by atoms with van der Waals surface area (Å²) in [4.78, 5) is 27.0. The Labute approximate surface area is 217 Å². The molecular formula is C29H34N2O6. The number of aryl methyl sites for hydroxylation is 1. The van der Waals surface area contributed by atoms with Gasteiger partial charge in [-0.05, 0) is 55.0 Å². The lowest BCUT2D eigenvalue weighted by atomic mass is 9.98. The van der Waals surface area contributed by atoms with Crippen molar-refractivity contribution in [2.75, 3.05) is 27.4 Å². The molecule has 1 amide bonds. The molecule has 1 aliphatic heterocycles. The topological polar surface area (TPSA) is 90.2 Å². The molecule has 196 valence electrons. The van der Waals surface area contributed by atoms with Crippen molar-refractivity contribution in [2.45, 2.75) is 45.3 Å². The van der Waals surface area contributed by atoms with E-state index >= 15 is 0 Å². The molecule has 8 heteroatoms. The van der Waals surface area contributed by atoms with E-state index < -0.39 is 0 Å². The Morgan fingerprint density at radius 3 is 2.49 bits per heavy atom. The van der Waals surface area contributed by atoms with Crippen molar-refractivity contribution in [3.63, 3.8) is 0 Å². The summed E-state index contributed by atoms with van der Waals surface area (Å²) in [7, 11) is 3.26. The zero-order valence-corrected chi connectivity index (χ0v) is 21.6. The number of carbonyl (C=O) groups excluding carboxylic acids is 1. The van der Waals surface area contributed by atoms with Crippen molar-refractivity contribution >= 4 is 5.91 Å². The van der Waals surface area contributed by atoms with Crippen LogP contribution in [0.4, 0.5) is 0 Å². The first-order valence-corrected chi connectivity index (χ1v) is 12.5. The van der Waals surface area contributed by atoms with Crippen LogP contribution in [0.25, 0.3) is 0 Å². The number of carbonyl (C=O) groups is 1. The molecule has 2 heterocycles. The number of fused-ring (bicyclic) bond motifs is 1. The minimum absolute atomic E-state index is 0.00850. The van der Waals surface area contributed by atoms with Gasteiger partial charge in [0.15, 0.2) is 18.1 Å². The molecular weight excluding hydrogens is 472 g/mol. The van der Waals surface area contributed by atoms with Crippen LogP contribution in [0, 0.1) is 0 Å². The third-order valence-corrected chi connectivity index (χ3v) is 6.50. The molecule has 1 atom stereocenters. The molecule has 1 aliphatic rings. The molecule has 0 saturated carbocycles. The van der Waals surface area contributed by atoms with Crippen LogP contribution in [0.15, 0.2) is 64.0 Å². The third-order valence-electron chi connectivity index (χ3n) is 6.50. The molecule has 0 unspecified atom stereocenters. The largest absolute Gasteiger partial charge is 0.493 e. The van der Waals surface area contributed by atoms with Crippen molar-refractivity contribution in [1.29, 1.82) is 0 Å². The van der Waals surface area contributed by atoms with Gasteiger partial charge in [0, 0.05) is 25.2 Å². The molecule has 8 nitrogen and oxygen atoms in total. The molecule has 0 saturated heterocycles. The normalized spacial score (nSPS) is 13.9. The van der Waals surface area contributed by atoms with Crippen molar-refractivity contribution in [2.24, 2.45) is 0 Å². The highest BCUT2D eigenvalue weighted by Gasteiger charge is 2.21. The lowest BCUT2D eigenvalue weighted by Gasteiger charge is -2.29. The van der Waals surface area contributed by atoms with Crippen LogP contribution in [0.3, 0.4) is 0 Å². The van der Waals surface area contributed by atoms with Crippen LogP contribution in [-0.4, -0.2) is 44.2 Å². The molecule has 3 aromatic rings. The SMILES string of the molecule is COc1cc2c(cc1OC)CN(Cc1cc(=O)c(OCC(=O)N[C@H](C)CCc3ccccc3)co1)CC2. The molecule has 1 aromatic heterocycles. The summed E-state index contributed by atoms with van der Waals surface area (Å²) in [5.41, 5.74) is 3.31. The van der Waals surface area contributed by atoms with Gasteiger partial charge in [0.2, 0.25) is 11.2 Å². The monoisotopic (exact) mass is 506 g/mol. The van der Waals surface area contributed by atoms with E-state index in [4.69, 9.17) is 18.6 Å². The van der Waals surface area contributed by atoms with Crippen LogP contribution >= 0.6 is 0 Å². The fourth-order valence-corrected chi connectivity index (χ4v) is 4.48. The summed E-state index contributed by atoms with van der Waals surface area (Å²) in [6.45, 7) is 3.74. The average Bonchev–Trinajstić information content (AvgIpc) is 2.91. The average molecular weight is 507 g/mol. The molecule has 4 rings (SSSR count). The van der Waals surface area contributed by atoms with E-state index in [0.717, 1.165) is 37.1 Å². The van der Waals surface area contributed by atoms with Crippen molar-refractivity contribution in [1.82, 2.24) is 10.2 Å². The summed E-state index contributed by atoms with van der Waals surface area (Å²) in [6, 6.07) is 15.6. The molecule has 2 aromatic carbocycles. The maximum Gasteiger partial charge on any atom is 0.258 e. The Morgan fingerprint density at radius 1 is 1.05 bits per heavy atom. The summed E-state index contributed by atoms with van der Waals surface area (Å²) in [5, 5.41) is 2.91. The van der Waals surface area contributed by atoms with Crippen LogP contribution in [0.2, 0.25) is 0 Å². The summed E-state index contributed by atoms with van der Waals surface area (Å²) < 4.78 is 21.9. The van der Waals surface area contributed by atoms with Crippen molar-refractivity contribution in [3.8, 4) is 17.2 Å². The second-order valence-corrected chi connectivity index (χ2v) is 9.29. The minimum Gasteiger partial charge on any atom is -0.493 e. The van der Waals surface area contributed by atoms with E-state index in [1.807, 2.05) is 37.3 Å². The van der Waals surface area contributed by atoms with Crippen molar-refractivity contribution in [3.05, 3.63) is 87.5 Å². The van der Waals surface area contributed by atoms with E-state index in [9.17, 15) is 9.59 Å². The predicted octanol–water partition coefficient (Wildman–Crippen LogP) is 3.73. The lowest BCUT2D eigenvalue weighted by Crippen LogP contribution is -2.36. The molecule has 37 heavy (non-hydrogen) atoms. The second kappa shape index (κ2) is 12.5. The van der Waals surface area contributed by atoms with Gasteiger partial charge in [0.1, 0.15) is 12.0 Å². The van der Waals surface area contributed by atoms with Crippen LogP contribution in [0.1, 0.15) is 35.8 Å². The van der Waals surface area contributed by atoms with Gasteiger partial charge >= 0.3 is 0 Å². The number of benzene rings is 2. The molecule has 1 N–H and O–H groups in total. The highest BCUT2D eigenvalue weighted by molar-refractivity contribution is 5.77. The minimum atomic E-state index is -0.310. The molecule has 0 radical (unpaired) electrons. The number of methoxy groups -OCH3 is 2. The molecule has 0 fully saturated rings. The van der Waals surface area contributed by atoms with Gasteiger partial charge in [0.05, 0.1) is 20.8 Å². The van der Waals surface area contributed by atoms with Gasteiger partial charge in [-0.25, -0.2) is 0 Å². The highest BCUT2D eigenvalue weighted by Crippen LogP contribution is 2.33. The Balaban J connectivity index is 1.26. The Morgan fingerprint density at radius 2 is 1.78 bits per heavy atom. The number of hydrogen-bond acceptors (Lipinski definition) is 7. The number of nitrogens with one attached hydrogen (secondary N) is 1. The Bertz CT molecular complexity index is 1260. The smallest absolute Gasteiger partial charge is 0.258 e. The molecule has 0 aliphatic carbocycles. The van der Waals surface area contributed by atoms with E-state index in [2.05, 4.69) is 22.3 Å². The lowest BCUT2D eigenvalue weighted by molar-refractivity contribution is -0.123. The maximum absolute atomic E-state index is 12.6.